The Balaban J connectivity index is 2.13. The van der Waals surface area contributed by atoms with Crippen LogP contribution in [0.5, 0.6) is 17.2 Å². The zero-order chi connectivity index (χ0) is 14.5. The lowest BCUT2D eigenvalue weighted by molar-refractivity contribution is 0.0698. The van der Waals surface area contributed by atoms with Gasteiger partial charge in [-0.2, -0.15) is 0 Å². The Hall–Kier alpha value is -2.69. The van der Waals surface area contributed by atoms with Crippen LogP contribution in [-0.2, 0) is 0 Å². The van der Waals surface area contributed by atoms with Crippen molar-refractivity contribution in [3.05, 3.63) is 48.0 Å². The molecule has 104 valence electrons. The Morgan fingerprint density at radius 2 is 1.70 bits per heavy atom. The molecule has 5 heteroatoms. The highest BCUT2D eigenvalue weighted by atomic mass is 16.5. The van der Waals surface area contributed by atoms with Crippen LogP contribution < -0.4 is 15.2 Å². The minimum Gasteiger partial charge on any atom is -0.494 e. The van der Waals surface area contributed by atoms with E-state index < -0.39 is 5.97 Å². The predicted octanol–water partition coefficient (Wildman–Crippen LogP) is 3.16. The maximum atomic E-state index is 10.9. The Morgan fingerprint density at radius 3 is 2.25 bits per heavy atom. The standard InChI is InChI=1S/C15H15NO4/c1-2-19-10-3-5-11(6-4-10)20-12-7-8-13(15(17)18)14(16)9-12/h3-9H,2,16H2,1H3,(H,17,18). The van der Waals surface area contributed by atoms with Crippen molar-refractivity contribution in [2.24, 2.45) is 0 Å². The van der Waals surface area contributed by atoms with E-state index in [0.717, 1.165) is 5.75 Å². The summed E-state index contributed by atoms with van der Waals surface area (Å²) in [5, 5.41) is 8.89. The molecule has 0 spiro atoms. The summed E-state index contributed by atoms with van der Waals surface area (Å²) in [6.45, 7) is 2.52. The van der Waals surface area contributed by atoms with E-state index in [1.54, 1.807) is 30.3 Å². The smallest absolute Gasteiger partial charge is 0.337 e. The summed E-state index contributed by atoms with van der Waals surface area (Å²) in [5.74, 6) is 0.809. The van der Waals surface area contributed by atoms with Gasteiger partial charge in [-0.05, 0) is 43.3 Å². The van der Waals surface area contributed by atoms with Crippen LogP contribution in [-0.4, -0.2) is 17.7 Å². The molecule has 2 rings (SSSR count). The summed E-state index contributed by atoms with van der Waals surface area (Å²) in [5.41, 5.74) is 5.89. The average Bonchev–Trinajstić information content (AvgIpc) is 2.41. The van der Waals surface area contributed by atoms with Crippen LogP contribution in [0.25, 0.3) is 0 Å². The van der Waals surface area contributed by atoms with Crippen LogP contribution in [0.1, 0.15) is 17.3 Å². The van der Waals surface area contributed by atoms with E-state index in [-0.39, 0.29) is 11.3 Å². The zero-order valence-electron chi connectivity index (χ0n) is 11.0. The number of anilines is 1. The molecule has 20 heavy (non-hydrogen) atoms. The van der Waals surface area contributed by atoms with Gasteiger partial charge in [-0.3, -0.25) is 0 Å². The second-order valence-electron chi connectivity index (χ2n) is 4.06. The highest BCUT2D eigenvalue weighted by Crippen LogP contribution is 2.26. The SMILES string of the molecule is CCOc1ccc(Oc2ccc(C(=O)O)c(N)c2)cc1. The van der Waals surface area contributed by atoms with Gasteiger partial charge in [0.1, 0.15) is 17.2 Å². The molecular weight excluding hydrogens is 258 g/mol. The Bertz CT molecular complexity index is 608. The van der Waals surface area contributed by atoms with Crippen molar-refractivity contribution in [1.82, 2.24) is 0 Å². The van der Waals surface area contributed by atoms with Crippen molar-refractivity contribution < 1.29 is 19.4 Å². The fourth-order valence-corrected chi connectivity index (χ4v) is 1.71. The van der Waals surface area contributed by atoms with Crippen molar-refractivity contribution >= 4 is 11.7 Å². The molecule has 0 heterocycles. The van der Waals surface area contributed by atoms with Gasteiger partial charge in [-0.1, -0.05) is 0 Å². The summed E-state index contributed by atoms with van der Waals surface area (Å²) in [6.07, 6.45) is 0. The lowest BCUT2D eigenvalue weighted by Gasteiger charge is -2.09. The monoisotopic (exact) mass is 273 g/mol. The van der Waals surface area contributed by atoms with Crippen LogP contribution in [0.4, 0.5) is 5.69 Å². The largest absolute Gasteiger partial charge is 0.494 e. The molecule has 0 bridgehead atoms. The molecule has 2 aromatic rings. The third-order valence-electron chi connectivity index (χ3n) is 2.62. The topological polar surface area (TPSA) is 81.8 Å². The van der Waals surface area contributed by atoms with Gasteiger partial charge in [0.15, 0.2) is 0 Å². The number of hydrogen-bond acceptors (Lipinski definition) is 4. The minimum atomic E-state index is -1.06. The molecule has 2 aromatic carbocycles. The van der Waals surface area contributed by atoms with Gasteiger partial charge in [0, 0.05) is 11.8 Å². The Labute approximate surface area is 116 Å². The highest BCUT2D eigenvalue weighted by Gasteiger charge is 2.08. The molecule has 0 atom stereocenters. The van der Waals surface area contributed by atoms with Gasteiger partial charge < -0.3 is 20.3 Å². The Morgan fingerprint density at radius 1 is 1.10 bits per heavy atom. The number of carbonyl (C=O) groups is 1. The zero-order valence-corrected chi connectivity index (χ0v) is 11.0. The molecule has 0 aliphatic rings. The van der Waals surface area contributed by atoms with E-state index in [0.29, 0.717) is 18.1 Å². The van der Waals surface area contributed by atoms with Crippen molar-refractivity contribution in [3.63, 3.8) is 0 Å². The third kappa shape index (κ3) is 3.20. The van der Waals surface area contributed by atoms with Crippen molar-refractivity contribution in [2.75, 3.05) is 12.3 Å². The number of hydrogen-bond donors (Lipinski definition) is 2. The number of aromatic carboxylic acids is 1. The van der Waals surface area contributed by atoms with Gasteiger partial charge in [-0.25, -0.2) is 4.79 Å². The van der Waals surface area contributed by atoms with Gasteiger partial charge in [0.05, 0.1) is 12.2 Å². The lowest BCUT2D eigenvalue weighted by Crippen LogP contribution is -2.02. The van der Waals surface area contributed by atoms with Crippen LogP contribution in [0.15, 0.2) is 42.5 Å². The molecule has 0 saturated heterocycles. The molecule has 5 nitrogen and oxygen atoms in total. The second kappa shape index (κ2) is 5.97. The van der Waals surface area contributed by atoms with E-state index in [4.69, 9.17) is 20.3 Å². The fourth-order valence-electron chi connectivity index (χ4n) is 1.71. The van der Waals surface area contributed by atoms with Gasteiger partial charge in [0.2, 0.25) is 0 Å². The molecule has 0 aliphatic carbocycles. The maximum absolute atomic E-state index is 10.9. The summed E-state index contributed by atoms with van der Waals surface area (Å²) >= 11 is 0. The van der Waals surface area contributed by atoms with Crippen LogP contribution in [0, 0.1) is 0 Å². The number of nitrogen functional groups attached to an aromatic ring is 1. The first kappa shape index (κ1) is 13.7. The van der Waals surface area contributed by atoms with E-state index in [9.17, 15) is 4.79 Å². The van der Waals surface area contributed by atoms with Gasteiger partial charge >= 0.3 is 5.97 Å². The number of carboxylic acids is 1. The maximum Gasteiger partial charge on any atom is 0.337 e. The van der Waals surface area contributed by atoms with Gasteiger partial charge in [0.25, 0.3) is 0 Å². The van der Waals surface area contributed by atoms with Crippen LogP contribution >= 0.6 is 0 Å². The molecule has 0 unspecified atom stereocenters. The summed E-state index contributed by atoms with van der Waals surface area (Å²) in [4.78, 5) is 10.9. The number of nitrogens with two attached hydrogens (primary N) is 1. The second-order valence-corrected chi connectivity index (χ2v) is 4.06. The third-order valence-corrected chi connectivity index (χ3v) is 2.62. The molecule has 0 radical (unpaired) electrons. The number of ether oxygens (including phenoxy) is 2. The molecule has 0 aromatic heterocycles. The van der Waals surface area contributed by atoms with Crippen molar-refractivity contribution in [2.45, 2.75) is 6.92 Å². The van der Waals surface area contributed by atoms with E-state index in [1.165, 1.54) is 12.1 Å². The summed E-state index contributed by atoms with van der Waals surface area (Å²) in [6, 6.07) is 11.6. The first-order valence-electron chi connectivity index (χ1n) is 6.13. The molecule has 3 N–H and O–H groups in total. The number of carboxylic acid groups (broad SMARTS) is 1. The first-order chi connectivity index (χ1) is 9.60. The molecule has 0 aliphatic heterocycles. The summed E-state index contributed by atoms with van der Waals surface area (Å²) in [7, 11) is 0. The fraction of sp³-hybridized carbons (Fsp3) is 0.133. The minimum absolute atomic E-state index is 0.0593. The van der Waals surface area contributed by atoms with Crippen LogP contribution in [0.2, 0.25) is 0 Å². The van der Waals surface area contributed by atoms with Crippen molar-refractivity contribution in [3.8, 4) is 17.2 Å². The number of rotatable bonds is 5. The molecule has 0 saturated carbocycles. The average molecular weight is 273 g/mol. The van der Waals surface area contributed by atoms with Crippen molar-refractivity contribution in [1.29, 1.82) is 0 Å². The molecular formula is C15H15NO4. The number of benzene rings is 2. The predicted molar refractivity (Wildman–Crippen MR) is 75.5 cm³/mol. The highest BCUT2D eigenvalue weighted by molar-refractivity contribution is 5.93. The lowest BCUT2D eigenvalue weighted by atomic mass is 10.2. The van der Waals surface area contributed by atoms with E-state index in [1.807, 2.05) is 6.92 Å². The molecule has 0 fully saturated rings. The normalized spacial score (nSPS) is 10.1. The summed E-state index contributed by atoms with van der Waals surface area (Å²) < 4.78 is 10.9. The first-order valence-corrected chi connectivity index (χ1v) is 6.13. The molecule has 0 amide bonds. The van der Waals surface area contributed by atoms with Crippen LogP contribution in [0.3, 0.4) is 0 Å². The quantitative estimate of drug-likeness (QED) is 0.818. The van der Waals surface area contributed by atoms with Gasteiger partial charge in [-0.15, -0.1) is 0 Å². The Kier molecular flexibility index (Phi) is 4.10. The van der Waals surface area contributed by atoms with E-state index >= 15 is 0 Å². The van der Waals surface area contributed by atoms with E-state index in [2.05, 4.69) is 0 Å².